The van der Waals surface area contributed by atoms with Gasteiger partial charge in [0, 0.05) is 0 Å². The van der Waals surface area contributed by atoms with Crippen molar-refractivity contribution in [1.29, 1.82) is 0 Å². The van der Waals surface area contributed by atoms with E-state index in [4.69, 9.17) is 0 Å². The first-order chi connectivity index (χ1) is 21.8. The van der Waals surface area contributed by atoms with Gasteiger partial charge in [0.1, 0.15) is 0 Å². The van der Waals surface area contributed by atoms with Gasteiger partial charge in [-0.1, -0.05) is 170 Å². The van der Waals surface area contributed by atoms with Crippen LogP contribution in [0.5, 0.6) is 0 Å². The largest absolute Gasteiger partial charge is 0.0622 e. The van der Waals surface area contributed by atoms with Gasteiger partial charge in [0.05, 0.1) is 0 Å². The average Bonchev–Trinajstić information content (AvgIpc) is 3.10. The zero-order valence-electron chi connectivity index (χ0n) is 24.2. The van der Waals surface area contributed by atoms with Crippen LogP contribution >= 0.6 is 0 Å². The molecule has 0 bridgehead atoms. The number of hydrogen-bond donors (Lipinski definition) is 0. The highest BCUT2D eigenvalue weighted by Crippen LogP contribution is 2.40. The Labute approximate surface area is 256 Å². The molecule has 0 nitrogen and oxygen atoms in total. The number of rotatable bonds is 2. The molecule has 0 N–H and O–H groups in total. The van der Waals surface area contributed by atoms with Gasteiger partial charge in [0.15, 0.2) is 0 Å². The molecular weight excluding hydrogens is 528 g/mol. The minimum atomic E-state index is 1.28. The van der Waals surface area contributed by atoms with E-state index in [1.54, 1.807) is 0 Å². The highest BCUT2D eigenvalue weighted by Gasteiger charge is 2.12. The van der Waals surface area contributed by atoms with E-state index in [2.05, 4.69) is 170 Å². The van der Waals surface area contributed by atoms with Crippen LogP contribution in [0, 0.1) is 0 Å². The second kappa shape index (κ2) is 9.93. The van der Waals surface area contributed by atoms with E-state index in [0.29, 0.717) is 0 Å². The summed E-state index contributed by atoms with van der Waals surface area (Å²) in [6, 6.07) is 61.3. The molecule has 204 valence electrons. The molecule has 0 spiro atoms. The fourth-order valence-corrected chi connectivity index (χ4v) is 7.21. The van der Waals surface area contributed by atoms with Gasteiger partial charge in [0.25, 0.3) is 0 Å². The minimum Gasteiger partial charge on any atom is -0.0622 e. The quantitative estimate of drug-likeness (QED) is 0.186. The zero-order chi connectivity index (χ0) is 29.0. The predicted molar refractivity (Wildman–Crippen MR) is 191 cm³/mol. The SMILES string of the molecule is c1ccc(-c2ccc3ccc4cccc5ccc2c3c45)cc1.c1ccc(-c2ccc3ccc4cccc5ccc2c3c45)cc1. The van der Waals surface area contributed by atoms with Crippen molar-refractivity contribution >= 4 is 64.6 Å². The normalized spacial score (nSPS) is 11.6. The van der Waals surface area contributed by atoms with Crippen LogP contribution < -0.4 is 0 Å². The predicted octanol–water partition coefficient (Wildman–Crippen LogP) is 12.5. The van der Waals surface area contributed by atoms with Crippen LogP contribution in [-0.4, -0.2) is 0 Å². The molecule has 0 unspecified atom stereocenters. The maximum absolute atomic E-state index is 2.27. The lowest BCUT2D eigenvalue weighted by Gasteiger charge is -2.14. The van der Waals surface area contributed by atoms with E-state index in [-0.39, 0.29) is 0 Å². The van der Waals surface area contributed by atoms with E-state index < -0.39 is 0 Å². The van der Waals surface area contributed by atoms with Crippen LogP contribution in [0.15, 0.2) is 170 Å². The van der Waals surface area contributed by atoms with Crippen LogP contribution in [0.25, 0.3) is 86.9 Å². The third kappa shape index (κ3) is 3.85. The molecule has 0 fully saturated rings. The zero-order valence-corrected chi connectivity index (χ0v) is 24.2. The Morgan fingerprint density at radius 2 is 0.523 bits per heavy atom. The van der Waals surface area contributed by atoms with Gasteiger partial charge in [-0.2, -0.15) is 0 Å². The first kappa shape index (κ1) is 24.8. The average molecular weight is 557 g/mol. The third-order valence-corrected chi connectivity index (χ3v) is 9.23. The number of benzene rings is 10. The van der Waals surface area contributed by atoms with Crippen molar-refractivity contribution in [2.45, 2.75) is 0 Å². The molecule has 10 aromatic carbocycles. The molecule has 0 aliphatic heterocycles. The van der Waals surface area contributed by atoms with Crippen LogP contribution in [0.3, 0.4) is 0 Å². The van der Waals surface area contributed by atoms with Crippen molar-refractivity contribution < 1.29 is 0 Å². The highest BCUT2D eigenvalue weighted by molar-refractivity contribution is 6.26. The van der Waals surface area contributed by atoms with Crippen molar-refractivity contribution in [3.8, 4) is 22.3 Å². The molecule has 44 heavy (non-hydrogen) atoms. The lowest BCUT2D eigenvalue weighted by molar-refractivity contribution is 1.66. The van der Waals surface area contributed by atoms with Crippen LogP contribution in [0.2, 0.25) is 0 Å². The van der Waals surface area contributed by atoms with Gasteiger partial charge in [-0.15, -0.1) is 0 Å². The van der Waals surface area contributed by atoms with Crippen molar-refractivity contribution in [3.05, 3.63) is 170 Å². The van der Waals surface area contributed by atoms with E-state index in [0.717, 1.165) is 0 Å². The Bertz CT molecular complexity index is 2360. The van der Waals surface area contributed by atoms with Gasteiger partial charge < -0.3 is 0 Å². The molecule has 0 aromatic heterocycles. The Hall–Kier alpha value is -5.72. The summed E-state index contributed by atoms with van der Waals surface area (Å²) in [6.07, 6.45) is 0. The van der Waals surface area contributed by atoms with Gasteiger partial charge in [-0.3, -0.25) is 0 Å². The lowest BCUT2D eigenvalue weighted by atomic mass is 9.90. The smallest absolute Gasteiger partial charge is 0.00206 e. The first-order valence-corrected chi connectivity index (χ1v) is 15.3. The van der Waals surface area contributed by atoms with Crippen molar-refractivity contribution in [1.82, 2.24) is 0 Å². The Morgan fingerprint density at radius 3 is 0.909 bits per heavy atom. The van der Waals surface area contributed by atoms with Crippen molar-refractivity contribution in [3.63, 3.8) is 0 Å². The second-order valence-electron chi connectivity index (χ2n) is 11.7. The summed E-state index contributed by atoms with van der Waals surface area (Å²) in [5, 5.41) is 16.1. The van der Waals surface area contributed by atoms with Crippen LogP contribution in [-0.2, 0) is 0 Å². The fourth-order valence-electron chi connectivity index (χ4n) is 7.21. The molecule has 0 amide bonds. The Balaban J connectivity index is 0.000000123. The summed E-state index contributed by atoms with van der Waals surface area (Å²) < 4.78 is 0. The topological polar surface area (TPSA) is 0 Å². The summed E-state index contributed by atoms with van der Waals surface area (Å²) in [7, 11) is 0. The van der Waals surface area contributed by atoms with E-state index >= 15 is 0 Å². The lowest BCUT2D eigenvalue weighted by Crippen LogP contribution is -1.86. The molecule has 0 heterocycles. The molecule has 0 aliphatic rings. The Morgan fingerprint density at radius 1 is 0.205 bits per heavy atom. The molecule has 0 radical (unpaired) electrons. The highest BCUT2D eigenvalue weighted by atomic mass is 14.2. The van der Waals surface area contributed by atoms with Crippen LogP contribution in [0.4, 0.5) is 0 Å². The van der Waals surface area contributed by atoms with E-state index in [9.17, 15) is 0 Å². The molecule has 0 heteroatoms. The fraction of sp³-hybridized carbons (Fsp3) is 0. The summed E-state index contributed by atoms with van der Waals surface area (Å²) in [5.41, 5.74) is 5.18. The Kier molecular flexibility index (Phi) is 5.61. The molecule has 0 saturated heterocycles. The van der Waals surface area contributed by atoms with Gasteiger partial charge in [0.2, 0.25) is 0 Å². The molecule has 0 aliphatic carbocycles. The maximum atomic E-state index is 2.27. The van der Waals surface area contributed by atoms with E-state index in [1.165, 1.54) is 86.9 Å². The van der Waals surface area contributed by atoms with Gasteiger partial charge >= 0.3 is 0 Å². The summed E-state index contributed by atoms with van der Waals surface area (Å²) in [6.45, 7) is 0. The van der Waals surface area contributed by atoms with Gasteiger partial charge in [-0.25, -0.2) is 0 Å². The molecule has 0 atom stereocenters. The summed E-state index contributed by atoms with van der Waals surface area (Å²) in [4.78, 5) is 0. The molecular formula is C44H28. The monoisotopic (exact) mass is 556 g/mol. The minimum absolute atomic E-state index is 1.28. The van der Waals surface area contributed by atoms with Crippen molar-refractivity contribution in [2.75, 3.05) is 0 Å². The maximum Gasteiger partial charge on any atom is -0.00206 e. The summed E-state index contributed by atoms with van der Waals surface area (Å²) in [5.74, 6) is 0. The van der Waals surface area contributed by atoms with Crippen molar-refractivity contribution in [2.24, 2.45) is 0 Å². The standard InChI is InChI=1S/2C22H14/c2*1-2-5-15(6-3-1)19-13-11-18-10-9-16-7-4-8-17-12-14-20(19)22(18)21(16)17/h2*1-14H. The first-order valence-electron chi connectivity index (χ1n) is 15.3. The third-order valence-electron chi connectivity index (χ3n) is 9.23. The summed E-state index contributed by atoms with van der Waals surface area (Å²) >= 11 is 0. The molecule has 10 aromatic rings. The second-order valence-corrected chi connectivity index (χ2v) is 11.7. The number of hydrogen-bond acceptors (Lipinski definition) is 0. The van der Waals surface area contributed by atoms with Crippen LogP contribution in [0.1, 0.15) is 0 Å². The molecule has 10 rings (SSSR count). The van der Waals surface area contributed by atoms with Gasteiger partial charge in [-0.05, 0) is 86.9 Å². The molecule has 0 saturated carbocycles. The van der Waals surface area contributed by atoms with E-state index in [1.807, 2.05) is 0 Å².